The molecule has 69 heavy (non-hydrogen) atoms. The van der Waals surface area contributed by atoms with Crippen LogP contribution in [0.2, 0.25) is 0 Å². The average Bonchev–Trinajstić information content (AvgIpc) is 3.82. The van der Waals surface area contributed by atoms with Gasteiger partial charge in [0.25, 0.3) is 0 Å². The first-order valence-corrected chi connectivity index (χ1v) is 27.2. The van der Waals surface area contributed by atoms with Gasteiger partial charge < -0.3 is 0 Å². The molecule has 0 atom stereocenters. The maximum atomic E-state index is 9.39. The third-order valence-corrected chi connectivity index (χ3v) is 23.0. The Morgan fingerprint density at radius 3 is 1.10 bits per heavy atom. The fourth-order valence-corrected chi connectivity index (χ4v) is 20.3. The fourth-order valence-electron chi connectivity index (χ4n) is 10.5. The van der Waals surface area contributed by atoms with Gasteiger partial charge in [0, 0.05) is 21.9 Å². The molecule has 0 bridgehead atoms. The summed E-state index contributed by atoms with van der Waals surface area (Å²) in [5.41, 5.74) is 2.51. The molecule has 0 aliphatic heterocycles. The molecule has 0 amide bonds. The number of hydrogen-bond acceptors (Lipinski definition) is 3. The lowest BCUT2D eigenvalue weighted by Gasteiger charge is -2.38. The Balaban J connectivity index is 1.28. The van der Waals surface area contributed by atoms with Crippen LogP contribution in [0.3, 0.4) is 0 Å². The van der Waals surface area contributed by atoms with Gasteiger partial charge in [-0.3, -0.25) is 4.57 Å². The minimum absolute atomic E-state index is 0.117. The van der Waals surface area contributed by atoms with Crippen molar-refractivity contribution in [3.63, 3.8) is 0 Å². The second-order valence-corrected chi connectivity index (χ2v) is 24.8. The van der Waals surface area contributed by atoms with E-state index < -0.39 is 16.1 Å². The van der Waals surface area contributed by atoms with Gasteiger partial charge in [-0.2, -0.15) is 9.97 Å². The van der Waals surface area contributed by atoms with Gasteiger partial charge in [0.15, 0.2) is 27.8 Å². The Hall–Kier alpha value is -8.56. The average molecular weight is 919 g/mol. The molecule has 0 saturated carbocycles. The molecule has 0 spiro atoms. The van der Waals surface area contributed by atoms with Crippen LogP contribution in [-0.2, 0) is 0 Å². The standard InChI is InChI=1S/C63H46N4Si2/c1-8-26-47(27-9-1)61-64-62(66-63(65-61)67-59-42-24-22-40-57(59)58-41-23-25-43-60(58)67)48-44-55(68(49-28-10-2-11-29-49,50-30-12-3-13-31-50)51-32-14-4-15-33-51)46-56(45-48)69(52-34-16-5-17-35-52,53-36-18-6-19-37-53)54-38-20-7-21-39-54/h1-46H/i22D,24D,40D,42D. The number of nitrogens with zero attached hydrogens (tertiary/aromatic N) is 4. The molecule has 0 fully saturated rings. The van der Waals surface area contributed by atoms with Crippen molar-refractivity contribution in [2.45, 2.75) is 0 Å². The monoisotopic (exact) mass is 918 g/mol. The second-order valence-electron chi connectivity index (χ2n) is 17.2. The Morgan fingerprint density at radius 2 is 0.667 bits per heavy atom. The molecule has 12 rings (SSSR count). The number of fused-ring (bicyclic) bond motifs is 3. The van der Waals surface area contributed by atoms with Crippen LogP contribution < -0.4 is 41.5 Å². The summed E-state index contributed by atoms with van der Waals surface area (Å²) in [6.45, 7) is 0. The Labute approximate surface area is 410 Å². The molecule has 326 valence electrons. The maximum absolute atomic E-state index is 9.39. The van der Waals surface area contributed by atoms with Gasteiger partial charge in [0.1, 0.15) is 0 Å². The summed E-state index contributed by atoms with van der Waals surface area (Å²) in [6, 6.07) is 89.4. The van der Waals surface area contributed by atoms with E-state index in [1.165, 1.54) is 31.1 Å². The molecule has 0 N–H and O–H groups in total. The summed E-state index contributed by atoms with van der Waals surface area (Å²) in [6.07, 6.45) is 0. The molecule has 10 aromatic carbocycles. The lowest BCUT2D eigenvalue weighted by molar-refractivity contribution is 0.953. The van der Waals surface area contributed by atoms with Crippen LogP contribution in [0.25, 0.3) is 50.5 Å². The topological polar surface area (TPSA) is 43.6 Å². The molecular formula is C63H46N4Si2. The summed E-state index contributed by atoms with van der Waals surface area (Å²) >= 11 is 0. The van der Waals surface area contributed by atoms with Crippen molar-refractivity contribution in [1.82, 2.24) is 19.5 Å². The molecule has 0 aliphatic rings. The quantitative estimate of drug-likeness (QED) is 0.0962. The van der Waals surface area contributed by atoms with Crippen molar-refractivity contribution in [1.29, 1.82) is 0 Å². The van der Waals surface area contributed by atoms with Crippen LogP contribution in [0.5, 0.6) is 0 Å². The van der Waals surface area contributed by atoms with E-state index in [9.17, 15) is 2.74 Å². The minimum Gasteiger partial charge on any atom is -0.278 e. The third-order valence-electron chi connectivity index (χ3n) is 13.5. The highest BCUT2D eigenvalue weighted by atomic mass is 28.3. The van der Waals surface area contributed by atoms with Crippen molar-refractivity contribution in [3.8, 4) is 28.7 Å². The van der Waals surface area contributed by atoms with Gasteiger partial charge in [0.2, 0.25) is 5.95 Å². The van der Waals surface area contributed by atoms with Crippen molar-refractivity contribution >= 4 is 79.4 Å². The summed E-state index contributed by atoms with van der Waals surface area (Å²) in [4.78, 5) is 16.2. The first kappa shape index (κ1) is 37.5. The Morgan fingerprint density at radius 1 is 0.304 bits per heavy atom. The zero-order valence-electron chi connectivity index (χ0n) is 41.5. The number of rotatable bonds is 11. The normalized spacial score (nSPS) is 12.6. The summed E-state index contributed by atoms with van der Waals surface area (Å²) < 4.78 is 38.0. The second kappa shape index (κ2) is 17.9. The van der Waals surface area contributed by atoms with Crippen molar-refractivity contribution in [3.05, 3.63) is 279 Å². The molecule has 6 heteroatoms. The molecule has 2 heterocycles. The molecule has 4 nitrogen and oxygen atoms in total. The number of para-hydroxylation sites is 2. The van der Waals surface area contributed by atoms with Gasteiger partial charge in [0.05, 0.1) is 16.5 Å². The molecule has 0 saturated heterocycles. The zero-order chi connectivity index (χ0) is 49.5. The highest BCUT2D eigenvalue weighted by molar-refractivity contribution is 7.22. The smallest absolute Gasteiger partial charge is 0.238 e. The van der Waals surface area contributed by atoms with Gasteiger partial charge >= 0.3 is 0 Å². The maximum Gasteiger partial charge on any atom is 0.238 e. The largest absolute Gasteiger partial charge is 0.278 e. The van der Waals surface area contributed by atoms with E-state index in [1.807, 2.05) is 54.6 Å². The van der Waals surface area contributed by atoms with Crippen molar-refractivity contribution < 1.29 is 5.48 Å². The van der Waals surface area contributed by atoms with Crippen LogP contribution >= 0.6 is 0 Å². The summed E-state index contributed by atoms with van der Waals surface area (Å²) in [7, 11) is -6.52. The zero-order valence-corrected chi connectivity index (χ0v) is 39.5. The van der Waals surface area contributed by atoms with E-state index in [4.69, 9.17) is 17.7 Å². The fraction of sp³-hybridized carbons (Fsp3) is 0. The predicted molar refractivity (Wildman–Crippen MR) is 292 cm³/mol. The molecule has 0 radical (unpaired) electrons. The van der Waals surface area contributed by atoms with E-state index in [2.05, 4.69) is 200 Å². The van der Waals surface area contributed by atoms with Crippen LogP contribution in [0.1, 0.15) is 5.48 Å². The summed E-state index contributed by atoms with van der Waals surface area (Å²) in [5, 5.41) is 10.7. The highest BCUT2D eigenvalue weighted by Crippen LogP contribution is 2.32. The SMILES string of the molecule is [2H]c1c([2H])c([2H])c2c(c1[2H])c1ccccc1n2-c1nc(-c2ccccc2)nc(-c2cc([Si](c3ccccc3)(c3ccccc3)c3ccccc3)cc([Si](c3ccccc3)(c3ccccc3)c3ccccc3)c2)n1. The molecule has 12 aromatic rings. The lowest BCUT2D eigenvalue weighted by Crippen LogP contribution is -2.78. The van der Waals surface area contributed by atoms with Gasteiger partial charge in [-0.25, -0.2) is 4.98 Å². The van der Waals surface area contributed by atoms with Crippen molar-refractivity contribution in [2.24, 2.45) is 0 Å². The highest BCUT2D eigenvalue weighted by Gasteiger charge is 2.46. The van der Waals surface area contributed by atoms with Crippen LogP contribution in [-0.4, -0.2) is 35.7 Å². The van der Waals surface area contributed by atoms with Gasteiger partial charge in [-0.1, -0.05) is 267 Å². The van der Waals surface area contributed by atoms with E-state index in [0.29, 0.717) is 33.5 Å². The van der Waals surface area contributed by atoms with Crippen molar-refractivity contribution in [2.75, 3.05) is 0 Å². The first-order valence-electron chi connectivity index (χ1n) is 25.2. The third kappa shape index (κ3) is 7.17. The minimum atomic E-state index is -3.26. The summed E-state index contributed by atoms with van der Waals surface area (Å²) in [5.74, 6) is 1.09. The number of aromatic nitrogens is 4. The Bertz CT molecular complexity index is 3610. The first-order chi connectivity index (χ1) is 35.9. The van der Waals surface area contributed by atoms with E-state index in [-0.39, 0.29) is 30.1 Å². The molecular weight excluding hydrogens is 869 g/mol. The van der Waals surface area contributed by atoms with Gasteiger partial charge in [-0.05, 0) is 53.6 Å². The van der Waals surface area contributed by atoms with Crippen LogP contribution in [0.4, 0.5) is 0 Å². The lowest BCUT2D eigenvalue weighted by atomic mass is 10.2. The van der Waals surface area contributed by atoms with Crippen LogP contribution in [0, 0.1) is 0 Å². The van der Waals surface area contributed by atoms with Gasteiger partial charge in [-0.15, -0.1) is 0 Å². The molecule has 2 aromatic heterocycles. The van der Waals surface area contributed by atoms with E-state index in [0.717, 1.165) is 21.5 Å². The Kier molecular flexibility index (Phi) is 9.75. The molecule has 0 unspecified atom stereocenters. The number of hydrogen-bond donors (Lipinski definition) is 0. The predicted octanol–water partition coefficient (Wildman–Crippen LogP) is 9.06. The number of benzene rings is 10. The van der Waals surface area contributed by atoms with Crippen LogP contribution in [0.15, 0.2) is 279 Å². The van der Waals surface area contributed by atoms with E-state index >= 15 is 0 Å². The molecule has 0 aliphatic carbocycles. The van der Waals surface area contributed by atoms with E-state index in [1.54, 1.807) is 4.57 Å².